The van der Waals surface area contributed by atoms with E-state index in [1.165, 1.54) is 0 Å². The zero-order valence-corrected chi connectivity index (χ0v) is 26.3. The lowest BCUT2D eigenvalue weighted by Gasteiger charge is -2.75. The normalized spacial score (nSPS) is 30.5. The Morgan fingerprint density at radius 3 is 1.24 bits per heavy atom. The lowest BCUT2D eigenvalue weighted by atomic mass is 9.26. The molecule has 0 radical (unpaired) electrons. The van der Waals surface area contributed by atoms with Crippen LogP contribution in [0.4, 0.5) is 0 Å². The molecule has 0 aromatic heterocycles. The molecule has 0 aromatic rings. The first-order chi connectivity index (χ1) is 19.6. The van der Waals surface area contributed by atoms with Gasteiger partial charge in [0.2, 0.25) is 0 Å². The van der Waals surface area contributed by atoms with Crippen molar-refractivity contribution in [1.29, 1.82) is 0 Å². The molecule has 4 saturated carbocycles. The van der Waals surface area contributed by atoms with Gasteiger partial charge in [-0.3, -0.25) is 9.59 Å². The molecule has 0 heterocycles. The molecule has 0 atom stereocenters. The predicted molar refractivity (Wildman–Crippen MR) is 160 cm³/mol. The van der Waals surface area contributed by atoms with E-state index < -0.39 is 40.1 Å². The van der Waals surface area contributed by atoms with Crippen molar-refractivity contribution >= 4 is 23.9 Å². The van der Waals surface area contributed by atoms with Gasteiger partial charge in [-0.25, -0.2) is 9.59 Å². The maximum Gasteiger partial charge on any atom is 0.333 e. The fraction of sp³-hybridized carbons (Fsp3) is 0.765. The van der Waals surface area contributed by atoms with Gasteiger partial charge in [0.05, 0.1) is 24.0 Å². The van der Waals surface area contributed by atoms with Gasteiger partial charge >= 0.3 is 23.9 Å². The Hall–Kier alpha value is -2.64. The quantitative estimate of drug-likeness (QED) is 0.0973. The number of hydrogen-bond acceptors (Lipinski definition) is 6. The predicted octanol–water partition coefficient (Wildman–Crippen LogP) is 7.26. The molecule has 42 heavy (non-hydrogen) atoms. The molecule has 0 aliphatic heterocycles. The molecule has 4 aliphatic rings. The summed E-state index contributed by atoms with van der Waals surface area (Å²) in [5.41, 5.74) is -2.85. The van der Waals surface area contributed by atoms with Gasteiger partial charge in [-0.05, 0) is 82.5 Å². The number of hydrogen-bond donors (Lipinski definition) is 2. The summed E-state index contributed by atoms with van der Waals surface area (Å²) >= 11 is 0. The summed E-state index contributed by atoms with van der Waals surface area (Å²) in [5.74, 6) is -2.46. The molecule has 4 bridgehead atoms. The average molecular weight is 589 g/mol. The largest absolute Gasteiger partial charge is 0.481 e. The first kappa shape index (κ1) is 33.9. The molecule has 2 N–H and O–H groups in total. The van der Waals surface area contributed by atoms with Crippen molar-refractivity contribution in [2.75, 3.05) is 13.2 Å². The van der Waals surface area contributed by atoms with Crippen molar-refractivity contribution in [2.45, 2.75) is 124 Å². The first-order valence-electron chi connectivity index (χ1n) is 15.7. The standard InChI is InChI=1S/C34H52O8/c1-24(2)26(35)41-17-13-9-7-11-15-34(16-12-8-10-14-18-42-27(36)25(3)4)32(28(37)38)20-30(5)19-31(6,22-32)23-33(34,21-30)29(39)40/h1,3,7-23H2,2,4-6H3,(H,37,38)(H,39,40). The van der Waals surface area contributed by atoms with Crippen molar-refractivity contribution in [3.05, 3.63) is 24.3 Å². The van der Waals surface area contributed by atoms with Crippen LogP contribution in [0.15, 0.2) is 24.3 Å². The minimum Gasteiger partial charge on any atom is -0.481 e. The number of ether oxygens (including phenoxy) is 2. The van der Waals surface area contributed by atoms with Crippen molar-refractivity contribution in [3.63, 3.8) is 0 Å². The van der Waals surface area contributed by atoms with Crippen LogP contribution in [-0.2, 0) is 28.7 Å². The van der Waals surface area contributed by atoms with E-state index in [0.29, 0.717) is 75.7 Å². The van der Waals surface area contributed by atoms with E-state index in [-0.39, 0.29) is 10.8 Å². The fourth-order valence-corrected chi connectivity index (χ4v) is 9.71. The third-order valence-corrected chi connectivity index (χ3v) is 10.6. The topological polar surface area (TPSA) is 127 Å². The number of aliphatic carboxylic acids is 2. The zero-order valence-electron chi connectivity index (χ0n) is 26.3. The van der Waals surface area contributed by atoms with Gasteiger partial charge in [0, 0.05) is 16.6 Å². The van der Waals surface area contributed by atoms with Crippen molar-refractivity contribution in [2.24, 2.45) is 27.1 Å². The Morgan fingerprint density at radius 1 is 0.595 bits per heavy atom. The summed E-state index contributed by atoms with van der Waals surface area (Å²) in [7, 11) is 0. The Balaban J connectivity index is 1.78. The van der Waals surface area contributed by atoms with E-state index >= 15 is 0 Å². The summed E-state index contributed by atoms with van der Waals surface area (Å²) in [4.78, 5) is 50.1. The van der Waals surface area contributed by atoms with E-state index in [1.54, 1.807) is 13.8 Å². The molecule has 0 saturated heterocycles. The molecule has 4 aliphatic carbocycles. The number of rotatable bonds is 18. The van der Waals surface area contributed by atoms with Gasteiger partial charge in [0.25, 0.3) is 0 Å². The number of carbonyl (C=O) groups is 4. The van der Waals surface area contributed by atoms with Crippen LogP contribution in [0.3, 0.4) is 0 Å². The highest BCUT2D eigenvalue weighted by molar-refractivity contribution is 5.87. The minimum atomic E-state index is -1.07. The summed E-state index contributed by atoms with van der Waals surface area (Å²) in [6, 6.07) is 0. The highest BCUT2D eigenvalue weighted by atomic mass is 16.5. The molecule has 4 rings (SSSR count). The van der Waals surface area contributed by atoms with Crippen LogP contribution >= 0.6 is 0 Å². The van der Waals surface area contributed by atoms with E-state index in [4.69, 9.17) is 9.47 Å². The van der Waals surface area contributed by atoms with Crippen LogP contribution in [0.5, 0.6) is 0 Å². The molecule has 0 spiro atoms. The van der Waals surface area contributed by atoms with Gasteiger partial charge < -0.3 is 19.7 Å². The van der Waals surface area contributed by atoms with E-state index in [0.717, 1.165) is 44.9 Å². The summed E-state index contributed by atoms with van der Waals surface area (Å²) in [6.07, 6.45) is 10.3. The van der Waals surface area contributed by atoms with Crippen LogP contribution in [0.1, 0.15) is 124 Å². The Morgan fingerprint density at radius 2 is 0.929 bits per heavy atom. The van der Waals surface area contributed by atoms with Crippen molar-refractivity contribution < 1.29 is 38.9 Å². The second-order valence-electron chi connectivity index (χ2n) is 14.5. The summed E-state index contributed by atoms with van der Waals surface area (Å²) in [6.45, 7) is 15.3. The Bertz CT molecular complexity index is 989. The fourth-order valence-electron chi connectivity index (χ4n) is 9.71. The number of unbranched alkanes of at least 4 members (excludes halogenated alkanes) is 6. The molecule has 8 heteroatoms. The average Bonchev–Trinajstić information content (AvgIpc) is 2.87. The van der Waals surface area contributed by atoms with Crippen molar-refractivity contribution in [3.8, 4) is 0 Å². The second kappa shape index (κ2) is 12.9. The monoisotopic (exact) mass is 588 g/mol. The number of esters is 2. The molecule has 0 amide bonds. The summed E-state index contributed by atoms with van der Waals surface area (Å²) in [5, 5.41) is 21.9. The van der Waals surface area contributed by atoms with Gasteiger partial charge in [0.15, 0.2) is 0 Å². The molecule has 0 aromatic carbocycles. The molecular weight excluding hydrogens is 536 g/mol. The van der Waals surface area contributed by atoms with E-state index in [2.05, 4.69) is 27.0 Å². The molecule has 236 valence electrons. The molecular formula is C34H52O8. The van der Waals surface area contributed by atoms with Crippen LogP contribution < -0.4 is 0 Å². The van der Waals surface area contributed by atoms with Crippen LogP contribution in [-0.4, -0.2) is 47.3 Å². The van der Waals surface area contributed by atoms with Crippen LogP contribution in [0, 0.1) is 27.1 Å². The summed E-state index contributed by atoms with van der Waals surface area (Å²) < 4.78 is 10.4. The van der Waals surface area contributed by atoms with Crippen LogP contribution in [0.2, 0.25) is 0 Å². The van der Waals surface area contributed by atoms with E-state index in [9.17, 15) is 29.4 Å². The third-order valence-electron chi connectivity index (χ3n) is 10.6. The molecule has 0 unspecified atom stereocenters. The lowest BCUT2D eigenvalue weighted by molar-refractivity contribution is -0.284. The minimum absolute atomic E-state index is 0.300. The highest BCUT2D eigenvalue weighted by Crippen LogP contribution is 2.82. The first-order valence-corrected chi connectivity index (χ1v) is 15.7. The number of carbonyl (C=O) groups excluding carboxylic acids is 2. The Kier molecular flexibility index (Phi) is 10.4. The maximum absolute atomic E-state index is 13.4. The SMILES string of the molecule is C=C(C)C(=O)OCCCCCCC1(CCCCCCOC(=O)C(=C)C)C2(C(=O)O)CC3(C)CC(C)(C2)CC1(C(=O)O)C3. The van der Waals surface area contributed by atoms with Crippen LogP contribution in [0.25, 0.3) is 0 Å². The van der Waals surface area contributed by atoms with Gasteiger partial charge in [-0.15, -0.1) is 0 Å². The third kappa shape index (κ3) is 6.47. The zero-order chi connectivity index (χ0) is 31.4. The molecule has 8 nitrogen and oxygen atoms in total. The maximum atomic E-state index is 13.4. The van der Waals surface area contributed by atoms with Gasteiger partial charge in [0.1, 0.15) is 0 Å². The highest BCUT2D eigenvalue weighted by Gasteiger charge is 2.80. The smallest absolute Gasteiger partial charge is 0.333 e. The van der Waals surface area contributed by atoms with Gasteiger partial charge in [-0.2, -0.15) is 0 Å². The Labute approximate surface area is 251 Å². The van der Waals surface area contributed by atoms with E-state index in [1.807, 2.05) is 0 Å². The number of carboxylic acid groups (broad SMARTS) is 2. The number of carboxylic acids is 2. The van der Waals surface area contributed by atoms with Crippen molar-refractivity contribution in [1.82, 2.24) is 0 Å². The second-order valence-corrected chi connectivity index (χ2v) is 14.5. The lowest BCUT2D eigenvalue weighted by Crippen LogP contribution is -2.74. The molecule has 4 fully saturated rings. The van der Waals surface area contributed by atoms with Gasteiger partial charge in [-0.1, -0.05) is 65.5 Å².